The second-order valence-corrected chi connectivity index (χ2v) is 6.12. The van der Waals surface area contributed by atoms with Crippen LogP contribution in [0.15, 0.2) is 41.0 Å². The Balaban J connectivity index is 1.52. The van der Waals surface area contributed by atoms with E-state index in [0.29, 0.717) is 34.5 Å². The topological polar surface area (TPSA) is 71.3 Å². The highest BCUT2D eigenvalue weighted by atomic mass is 35.5. The molecular formula is C16H14Cl2N2O3. The van der Waals surface area contributed by atoms with Crippen molar-refractivity contribution >= 4 is 40.7 Å². The van der Waals surface area contributed by atoms with Gasteiger partial charge in [0.15, 0.2) is 0 Å². The number of amides is 2. The van der Waals surface area contributed by atoms with Gasteiger partial charge in [0, 0.05) is 0 Å². The highest BCUT2D eigenvalue weighted by Crippen LogP contribution is 2.40. The number of anilines is 1. The van der Waals surface area contributed by atoms with E-state index < -0.39 is 0 Å². The van der Waals surface area contributed by atoms with Gasteiger partial charge in [0.25, 0.3) is 0 Å². The molecule has 2 atom stereocenters. The van der Waals surface area contributed by atoms with Gasteiger partial charge in [-0.25, -0.2) is 0 Å². The maximum Gasteiger partial charge on any atom is 0.228 e. The van der Waals surface area contributed by atoms with E-state index >= 15 is 0 Å². The number of hydrogen-bond donors (Lipinski definition) is 2. The fraction of sp³-hybridized carbons (Fsp3) is 0.250. The summed E-state index contributed by atoms with van der Waals surface area (Å²) in [6, 6.07) is 8.54. The van der Waals surface area contributed by atoms with Crippen molar-refractivity contribution in [1.29, 1.82) is 0 Å². The summed E-state index contributed by atoms with van der Waals surface area (Å²) in [4.78, 5) is 24.2. The third-order valence-electron chi connectivity index (χ3n) is 3.69. The molecule has 23 heavy (non-hydrogen) atoms. The molecule has 0 spiro atoms. The first-order chi connectivity index (χ1) is 11.1. The van der Waals surface area contributed by atoms with Gasteiger partial charge in [0.2, 0.25) is 11.8 Å². The first kappa shape index (κ1) is 15.9. The molecule has 0 saturated heterocycles. The maximum atomic E-state index is 12.2. The molecule has 0 aliphatic heterocycles. The molecule has 2 amide bonds. The predicted molar refractivity (Wildman–Crippen MR) is 87.2 cm³/mol. The van der Waals surface area contributed by atoms with Crippen LogP contribution in [0.25, 0.3) is 0 Å². The van der Waals surface area contributed by atoms with E-state index in [1.807, 2.05) is 0 Å². The third-order valence-corrected chi connectivity index (χ3v) is 4.51. The standard InChI is InChI=1S/C16H14Cl2N2O3/c17-12-4-1-5-13(14(12)18)20-16(22)11-7-10(11)15(21)19-8-9-3-2-6-23-9/h1-6,10-11H,7-8H2,(H,19,21)(H,20,22). The minimum absolute atomic E-state index is 0.154. The van der Waals surface area contributed by atoms with Crippen molar-refractivity contribution in [2.45, 2.75) is 13.0 Å². The molecule has 1 saturated carbocycles. The summed E-state index contributed by atoms with van der Waals surface area (Å²) in [7, 11) is 0. The molecule has 1 fully saturated rings. The van der Waals surface area contributed by atoms with Crippen LogP contribution in [0, 0.1) is 11.8 Å². The normalized spacial score (nSPS) is 19.2. The van der Waals surface area contributed by atoms with E-state index in [1.54, 1.807) is 36.6 Å². The Labute approximate surface area is 142 Å². The summed E-state index contributed by atoms with van der Waals surface area (Å²) >= 11 is 11.9. The van der Waals surface area contributed by atoms with Gasteiger partial charge >= 0.3 is 0 Å². The second kappa shape index (κ2) is 6.64. The summed E-state index contributed by atoms with van der Waals surface area (Å²) in [6.07, 6.45) is 2.07. The molecule has 3 rings (SSSR count). The average Bonchev–Trinajstić information content (AvgIpc) is 3.17. The fourth-order valence-electron chi connectivity index (χ4n) is 2.32. The molecule has 0 radical (unpaired) electrons. The molecule has 2 aromatic rings. The molecule has 2 unspecified atom stereocenters. The lowest BCUT2D eigenvalue weighted by atomic mass is 10.2. The Morgan fingerprint density at radius 1 is 1.13 bits per heavy atom. The van der Waals surface area contributed by atoms with Gasteiger partial charge in [-0.2, -0.15) is 0 Å². The van der Waals surface area contributed by atoms with Crippen LogP contribution in [0.3, 0.4) is 0 Å². The molecule has 5 nitrogen and oxygen atoms in total. The summed E-state index contributed by atoms with van der Waals surface area (Å²) < 4.78 is 5.14. The largest absolute Gasteiger partial charge is 0.467 e. The van der Waals surface area contributed by atoms with Crippen LogP contribution >= 0.6 is 23.2 Å². The zero-order valence-corrected chi connectivity index (χ0v) is 13.5. The number of benzene rings is 1. The molecule has 2 N–H and O–H groups in total. The number of nitrogens with one attached hydrogen (secondary N) is 2. The van der Waals surface area contributed by atoms with Crippen LogP contribution in [0.4, 0.5) is 5.69 Å². The number of carbonyl (C=O) groups excluding carboxylic acids is 2. The highest BCUT2D eigenvalue weighted by molar-refractivity contribution is 6.44. The Bertz CT molecular complexity index is 731. The number of rotatable bonds is 5. The van der Waals surface area contributed by atoms with Gasteiger partial charge < -0.3 is 15.1 Å². The predicted octanol–water partition coefficient (Wildman–Crippen LogP) is 3.48. The molecule has 7 heteroatoms. The summed E-state index contributed by atoms with van der Waals surface area (Å²) in [5, 5.41) is 6.13. The summed E-state index contributed by atoms with van der Waals surface area (Å²) in [5.74, 6) is -0.374. The molecule has 1 aromatic carbocycles. The first-order valence-electron chi connectivity index (χ1n) is 7.11. The van der Waals surface area contributed by atoms with Gasteiger partial charge in [0.05, 0.1) is 40.4 Å². The zero-order valence-electron chi connectivity index (χ0n) is 12.0. The number of hydrogen-bond acceptors (Lipinski definition) is 3. The summed E-state index contributed by atoms with van der Waals surface area (Å²) in [6.45, 7) is 0.316. The van der Waals surface area contributed by atoms with Crippen LogP contribution in [0.1, 0.15) is 12.2 Å². The van der Waals surface area contributed by atoms with Crippen molar-refractivity contribution < 1.29 is 14.0 Å². The molecular weight excluding hydrogens is 339 g/mol. The Kier molecular flexibility index (Phi) is 4.59. The van der Waals surface area contributed by atoms with E-state index in [1.165, 1.54) is 0 Å². The van der Waals surface area contributed by atoms with Crippen molar-refractivity contribution in [3.8, 4) is 0 Å². The summed E-state index contributed by atoms with van der Waals surface area (Å²) in [5.41, 5.74) is 0.450. The first-order valence-corrected chi connectivity index (χ1v) is 7.87. The van der Waals surface area contributed by atoms with Gasteiger partial charge in [0.1, 0.15) is 5.76 Å². The van der Waals surface area contributed by atoms with Crippen molar-refractivity contribution in [2.75, 3.05) is 5.32 Å². The second-order valence-electron chi connectivity index (χ2n) is 5.34. The van der Waals surface area contributed by atoms with Gasteiger partial charge in [-0.1, -0.05) is 29.3 Å². The van der Waals surface area contributed by atoms with Crippen LogP contribution in [0.5, 0.6) is 0 Å². The van der Waals surface area contributed by atoms with Gasteiger partial charge in [-0.15, -0.1) is 0 Å². The Morgan fingerprint density at radius 3 is 2.65 bits per heavy atom. The van der Waals surface area contributed by atoms with Crippen molar-refractivity contribution in [2.24, 2.45) is 11.8 Å². The van der Waals surface area contributed by atoms with Crippen LogP contribution in [0.2, 0.25) is 10.0 Å². The molecule has 120 valence electrons. The quantitative estimate of drug-likeness (QED) is 0.865. The van der Waals surface area contributed by atoms with Crippen molar-refractivity contribution in [3.05, 3.63) is 52.4 Å². The molecule has 1 aliphatic carbocycles. The van der Waals surface area contributed by atoms with Gasteiger partial charge in [-0.05, 0) is 30.7 Å². The minimum atomic E-state index is -0.346. The highest BCUT2D eigenvalue weighted by Gasteiger charge is 2.48. The Morgan fingerprint density at radius 2 is 1.91 bits per heavy atom. The number of furan rings is 1. The van der Waals surface area contributed by atoms with Crippen molar-refractivity contribution in [3.63, 3.8) is 0 Å². The lowest BCUT2D eigenvalue weighted by Gasteiger charge is -2.08. The fourth-order valence-corrected chi connectivity index (χ4v) is 2.67. The Hall–Kier alpha value is -1.98. The number of carbonyl (C=O) groups is 2. The molecule has 1 heterocycles. The lowest BCUT2D eigenvalue weighted by molar-refractivity contribution is -0.125. The lowest BCUT2D eigenvalue weighted by Crippen LogP contribution is -2.26. The molecule has 1 aromatic heterocycles. The SMILES string of the molecule is O=C(NCc1ccco1)C1CC1C(=O)Nc1cccc(Cl)c1Cl. The number of halogens is 2. The average molecular weight is 353 g/mol. The third kappa shape index (κ3) is 3.68. The van der Waals surface area contributed by atoms with E-state index in [-0.39, 0.29) is 23.7 Å². The van der Waals surface area contributed by atoms with Crippen LogP contribution in [-0.4, -0.2) is 11.8 Å². The van der Waals surface area contributed by atoms with E-state index in [2.05, 4.69) is 10.6 Å². The molecule has 0 bridgehead atoms. The maximum absolute atomic E-state index is 12.2. The van der Waals surface area contributed by atoms with Gasteiger partial charge in [-0.3, -0.25) is 9.59 Å². The van der Waals surface area contributed by atoms with Crippen molar-refractivity contribution in [1.82, 2.24) is 5.32 Å². The van der Waals surface area contributed by atoms with E-state index in [0.717, 1.165) is 0 Å². The van der Waals surface area contributed by atoms with Crippen LogP contribution in [-0.2, 0) is 16.1 Å². The zero-order chi connectivity index (χ0) is 16.4. The van der Waals surface area contributed by atoms with E-state index in [4.69, 9.17) is 27.6 Å². The monoisotopic (exact) mass is 352 g/mol. The smallest absolute Gasteiger partial charge is 0.228 e. The van der Waals surface area contributed by atoms with E-state index in [9.17, 15) is 9.59 Å². The molecule has 1 aliphatic rings. The minimum Gasteiger partial charge on any atom is -0.467 e. The van der Waals surface area contributed by atoms with Crippen LogP contribution < -0.4 is 10.6 Å².